The van der Waals surface area contributed by atoms with E-state index in [9.17, 15) is 0 Å². The Balaban J connectivity index is 1.78. The molecular formula is C29H31N3. The van der Waals surface area contributed by atoms with Crippen LogP contribution in [0.4, 0.5) is 5.82 Å². The molecule has 0 radical (unpaired) electrons. The minimum atomic E-state index is -0.0918. The van der Waals surface area contributed by atoms with Crippen molar-refractivity contribution in [3.05, 3.63) is 79.0 Å². The fourth-order valence-electron chi connectivity index (χ4n) is 5.24. The molecule has 0 fully saturated rings. The van der Waals surface area contributed by atoms with Gasteiger partial charge in [0.1, 0.15) is 17.2 Å². The van der Waals surface area contributed by atoms with E-state index in [-0.39, 0.29) is 11.0 Å². The Morgan fingerprint density at radius 1 is 0.781 bits per heavy atom. The molecule has 0 atom stereocenters. The van der Waals surface area contributed by atoms with Gasteiger partial charge in [-0.3, -0.25) is 4.40 Å². The Morgan fingerprint density at radius 3 is 2.19 bits per heavy atom. The van der Waals surface area contributed by atoms with E-state index in [2.05, 4.69) is 123 Å². The lowest BCUT2D eigenvalue weighted by Crippen LogP contribution is -2.36. The largest absolute Gasteiger partial charge is 0.364 e. The van der Waals surface area contributed by atoms with E-state index in [0.29, 0.717) is 0 Å². The van der Waals surface area contributed by atoms with Crippen molar-refractivity contribution in [2.75, 3.05) is 5.32 Å². The van der Waals surface area contributed by atoms with Crippen molar-refractivity contribution in [1.29, 1.82) is 0 Å². The highest BCUT2D eigenvalue weighted by atomic mass is 15.2. The van der Waals surface area contributed by atoms with Crippen LogP contribution in [0.2, 0.25) is 0 Å². The number of nitrogens with one attached hydrogen (secondary N) is 1. The Hall–Kier alpha value is -3.33. The van der Waals surface area contributed by atoms with E-state index in [0.717, 1.165) is 29.1 Å². The van der Waals surface area contributed by atoms with Crippen LogP contribution in [0.3, 0.4) is 0 Å². The van der Waals surface area contributed by atoms with Gasteiger partial charge >= 0.3 is 0 Å². The lowest BCUT2D eigenvalue weighted by molar-refractivity contribution is 0.302. The topological polar surface area (TPSA) is 29.3 Å². The average molecular weight is 422 g/mol. The first-order valence-corrected chi connectivity index (χ1v) is 11.4. The summed E-state index contributed by atoms with van der Waals surface area (Å²) in [5.41, 5.74) is 3.24. The Morgan fingerprint density at radius 2 is 1.44 bits per heavy atom. The van der Waals surface area contributed by atoms with Crippen LogP contribution < -0.4 is 5.32 Å². The van der Waals surface area contributed by atoms with E-state index in [4.69, 9.17) is 4.98 Å². The number of hydrogen-bond donors (Lipinski definition) is 1. The molecule has 0 aliphatic carbocycles. The van der Waals surface area contributed by atoms with E-state index >= 15 is 0 Å². The number of imidazole rings is 1. The molecule has 2 aromatic heterocycles. The van der Waals surface area contributed by atoms with E-state index < -0.39 is 0 Å². The minimum absolute atomic E-state index is 0.0918. The molecule has 5 rings (SSSR count). The van der Waals surface area contributed by atoms with Crippen molar-refractivity contribution < 1.29 is 0 Å². The summed E-state index contributed by atoms with van der Waals surface area (Å²) >= 11 is 0. The van der Waals surface area contributed by atoms with Gasteiger partial charge in [-0.25, -0.2) is 4.98 Å². The van der Waals surface area contributed by atoms with Gasteiger partial charge < -0.3 is 5.32 Å². The second kappa shape index (κ2) is 7.37. The van der Waals surface area contributed by atoms with Crippen LogP contribution in [0, 0.1) is 5.41 Å². The molecule has 0 aliphatic rings. The summed E-state index contributed by atoms with van der Waals surface area (Å²) in [5.74, 6) is 1.05. The van der Waals surface area contributed by atoms with Gasteiger partial charge in [-0.05, 0) is 65.4 Å². The van der Waals surface area contributed by atoms with Gasteiger partial charge in [-0.2, -0.15) is 0 Å². The maximum absolute atomic E-state index is 5.12. The highest BCUT2D eigenvalue weighted by molar-refractivity contribution is 6.14. The molecule has 3 aromatic carbocycles. The average Bonchev–Trinajstić information content (AvgIpc) is 3.09. The lowest BCUT2D eigenvalue weighted by atomic mass is 9.81. The summed E-state index contributed by atoms with van der Waals surface area (Å²) < 4.78 is 2.18. The van der Waals surface area contributed by atoms with Crippen molar-refractivity contribution >= 4 is 33.0 Å². The predicted molar refractivity (Wildman–Crippen MR) is 137 cm³/mol. The van der Waals surface area contributed by atoms with Gasteiger partial charge in [0, 0.05) is 17.3 Å². The lowest BCUT2D eigenvalue weighted by Gasteiger charge is -2.34. The summed E-state index contributed by atoms with van der Waals surface area (Å²) in [5, 5.41) is 8.88. The number of fused-ring (bicyclic) bond motifs is 4. The zero-order valence-corrected chi connectivity index (χ0v) is 19.6. The van der Waals surface area contributed by atoms with Crippen LogP contribution in [0.5, 0.6) is 0 Å². The van der Waals surface area contributed by atoms with Crippen molar-refractivity contribution in [3.8, 4) is 11.3 Å². The van der Waals surface area contributed by atoms with E-state index in [1.165, 1.54) is 21.5 Å². The first-order valence-electron chi connectivity index (χ1n) is 11.4. The molecule has 162 valence electrons. The first kappa shape index (κ1) is 20.6. The molecule has 0 aliphatic heterocycles. The highest BCUT2D eigenvalue weighted by Crippen LogP contribution is 2.40. The van der Waals surface area contributed by atoms with Crippen molar-refractivity contribution in [2.24, 2.45) is 5.41 Å². The first-order chi connectivity index (χ1) is 15.2. The van der Waals surface area contributed by atoms with Crippen molar-refractivity contribution in [2.45, 2.75) is 46.6 Å². The van der Waals surface area contributed by atoms with Gasteiger partial charge in [-0.15, -0.1) is 0 Å². The monoisotopic (exact) mass is 421 g/mol. The third-order valence-corrected chi connectivity index (χ3v) is 5.98. The molecular weight excluding hydrogens is 390 g/mol. The maximum Gasteiger partial charge on any atom is 0.139 e. The molecule has 0 saturated heterocycles. The van der Waals surface area contributed by atoms with Crippen LogP contribution in [-0.2, 0) is 0 Å². The summed E-state index contributed by atoms with van der Waals surface area (Å²) in [6, 6.07) is 25.8. The zero-order valence-electron chi connectivity index (χ0n) is 19.6. The van der Waals surface area contributed by atoms with Crippen LogP contribution in [0.1, 0.15) is 41.0 Å². The van der Waals surface area contributed by atoms with Crippen LogP contribution in [0.25, 0.3) is 38.4 Å². The normalized spacial score (nSPS) is 12.7. The smallest absolute Gasteiger partial charge is 0.139 e. The number of rotatable bonds is 4. The molecule has 0 saturated carbocycles. The third-order valence-electron chi connectivity index (χ3n) is 5.98. The molecule has 2 heterocycles. The standard InChI is InChI=1S/C29H31N3/c1-28(2,3)19-29(4,5)31-27-26(30-25-16-10-11-17-32(25)27)24-18-20-12-6-7-13-21(20)22-14-8-9-15-23(22)24/h6-18,31H,19H2,1-5H3. The number of pyridine rings is 1. The van der Waals surface area contributed by atoms with Crippen molar-refractivity contribution in [1.82, 2.24) is 9.38 Å². The van der Waals surface area contributed by atoms with Gasteiger partial charge in [0.2, 0.25) is 0 Å². The highest BCUT2D eigenvalue weighted by Gasteiger charge is 2.28. The second-order valence-electron chi connectivity index (χ2n) is 10.7. The Labute approximate surface area is 190 Å². The zero-order chi connectivity index (χ0) is 22.5. The summed E-state index contributed by atoms with van der Waals surface area (Å²) in [6.07, 6.45) is 3.14. The molecule has 32 heavy (non-hydrogen) atoms. The molecule has 0 unspecified atom stereocenters. The van der Waals surface area contributed by atoms with Gasteiger partial charge in [-0.1, -0.05) is 75.4 Å². The quantitative estimate of drug-likeness (QED) is 0.298. The van der Waals surface area contributed by atoms with Crippen LogP contribution in [0.15, 0.2) is 79.0 Å². The molecule has 1 N–H and O–H groups in total. The van der Waals surface area contributed by atoms with Gasteiger partial charge in [0.25, 0.3) is 0 Å². The number of aromatic nitrogens is 2. The molecule has 0 spiro atoms. The molecule has 0 amide bonds. The van der Waals surface area contributed by atoms with E-state index in [1.54, 1.807) is 0 Å². The number of anilines is 1. The van der Waals surface area contributed by atoms with Crippen molar-refractivity contribution in [3.63, 3.8) is 0 Å². The summed E-state index contributed by atoms with van der Waals surface area (Å²) in [4.78, 5) is 5.12. The molecule has 3 heteroatoms. The fraction of sp³-hybridized carbons (Fsp3) is 0.276. The number of hydrogen-bond acceptors (Lipinski definition) is 2. The summed E-state index contributed by atoms with van der Waals surface area (Å²) in [6.45, 7) is 11.4. The van der Waals surface area contributed by atoms with Crippen LogP contribution in [-0.4, -0.2) is 14.9 Å². The van der Waals surface area contributed by atoms with Crippen LogP contribution >= 0.6 is 0 Å². The Bertz CT molecular complexity index is 1430. The van der Waals surface area contributed by atoms with Gasteiger partial charge in [0.05, 0.1) is 0 Å². The maximum atomic E-state index is 5.12. The molecule has 5 aromatic rings. The molecule has 3 nitrogen and oxygen atoms in total. The third kappa shape index (κ3) is 3.73. The predicted octanol–water partition coefficient (Wildman–Crippen LogP) is 7.93. The molecule has 0 bridgehead atoms. The van der Waals surface area contributed by atoms with Gasteiger partial charge in [0.15, 0.2) is 0 Å². The second-order valence-corrected chi connectivity index (χ2v) is 10.7. The minimum Gasteiger partial charge on any atom is -0.364 e. The SMILES string of the molecule is CC(C)(C)CC(C)(C)Nc1c(-c2cc3ccccc3c3ccccc23)nc2ccccn12. The Kier molecular flexibility index (Phi) is 4.74. The summed E-state index contributed by atoms with van der Waals surface area (Å²) in [7, 11) is 0. The van der Waals surface area contributed by atoms with E-state index in [1.807, 2.05) is 0 Å². The number of nitrogens with zero attached hydrogens (tertiary/aromatic N) is 2. The number of benzene rings is 3. The fourth-order valence-corrected chi connectivity index (χ4v) is 5.24.